The Kier molecular flexibility index (Phi) is 5.49. The maximum absolute atomic E-state index is 9.56. The van der Waals surface area contributed by atoms with Gasteiger partial charge in [0.1, 0.15) is 11.5 Å². The van der Waals surface area contributed by atoms with Gasteiger partial charge in [0.05, 0.1) is 9.79 Å². The summed E-state index contributed by atoms with van der Waals surface area (Å²) in [6, 6.07) is 22.0. The van der Waals surface area contributed by atoms with Gasteiger partial charge >= 0.3 is 0 Å². The molecule has 0 amide bonds. The molecule has 5 heteroatoms. The van der Waals surface area contributed by atoms with Crippen molar-refractivity contribution in [2.24, 2.45) is 0 Å². The molecule has 0 spiro atoms. The number of phenols is 2. The molecule has 4 nitrogen and oxygen atoms in total. The number of para-hydroxylation sites is 3. The number of phenolic OH excluding ortho intramolecular Hbond substituents is 2. The van der Waals surface area contributed by atoms with E-state index in [4.69, 9.17) is 4.84 Å². The van der Waals surface area contributed by atoms with Gasteiger partial charge in [-0.3, -0.25) is 0 Å². The number of aromatic hydroxyl groups is 2. The number of benzene rings is 3. The SMILES string of the molecule is C1=Cc2ccccc2ON1.Oc1ccccc1Sc1ccccc1O. The van der Waals surface area contributed by atoms with Crippen molar-refractivity contribution in [2.75, 3.05) is 0 Å². The first-order valence-corrected chi connectivity index (χ1v) is 8.47. The lowest BCUT2D eigenvalue weighted by Gasteiger charge is -2.11. The maximum Gasteiger partial charge on any atom is 0.162 e. The molecule has 0 aromatic heterocycles. The first-order valence-electron chi connectivity index (χ1n) is 7.66. The Morgan fingerprint density at radius 1 is 0.720 bits per heavy atom. The van der Waals surface area contributed by atoms with E-state index in [-0.39, 0.29) is 11.5 Å². The van der Waals surface area contributed by atoms with E-state index in [1.54, 1.807) is 30.5 Å². The van der Waals surface area contributed by atoms with Crippen molar-refractivity contribution < 1.29 is 15.1 Å². The quantitative estimate of drug-likeness (QED) is 0.619. The van der Waals surface area contributed by atoms with Crippen molar-refractivity contribution in [2.45, 2.75) is 9.79 Å². The van der Waals surface area contributed by atoms with E-state index >= 15 is 0 Å². The van der Waals surface area contributed by atoms with E-state index in [2.05, 4.69) is 5.48 Å². The molecule has 4 rings (SSSR count). The second-order valence-electron chi connectivity index (χ2n) is 5.13. The average molecular weight is 351 g/mol. The first-order chi connectivity index (χ1) is 12.2. The van der Waals surface area contributed by atoms with E-state index in [0.29, 0.717) is 0 Å². The van der Waals surface area contributed by atoms with Crippen molar-refractivity contribution in [1.29, 1.82) is 0 Å². The Hall–Kier alpha value is -3.05. The lowest BCUT2D eigenvalue weighted by Crippen LogP contribution is -2.13. The van der Waals surface area contributed by atoms with Crippen LogP contribution < -0.4 is 10.3 Å². The molecular formula is C20H17NO3S. The largest absolute Gasteiger partial charge is 0.507 e. The van der Waals surface area contributed by atoms with E-state index in [1.807, 2.05) is 54.6 Å². The van der Waals surface area contributed by atoms with Gasteiger partial charge in [-0.1, -0.05) is 54.2 Å². The minimum absolute atomic E-state index is 0.228. The second-order valence-corrected chi connectivity index (χ2v) is 6.21. The third-order valence-corrected chi connectivity index (χ3v) is 4.50. The summed E-state index contributed by atoms with van der Waals surface area (Å²) in [7, 11) is 0. The van der Waals surface area contributed by atoms with Gasteiger partial charge in [0, 0.05) is 11.8 Å². The minimum atomic E-state index is 0.228. The number of hydrogen-bond acceptors (Lipinski definition) is 5. The van der Waals surface area contributed by atoms with Crippen LogP contribution in [0.3, 0.4) is 0 Å². The van der Waals surface area contributed by atoms with E-state index in [0.717, 1.165) is 21.1 Å². The predicted octanol–water partition coefficient (Wildman–Crippen LogP) is 4.80. The molecule has 3 aromatic carbocycles. The first kappa shape index (κ1) is 16.8. The van der Waals surface area contributed by atoms with Gasteiger partial charge in [-0.25, -0.2) is 5.48 Å². The summed E-state index contributed by atoms with van der Waals surface area (Å²) in [5.74, 6) is 1.33. The number of rotatable bonds is 2. The average Bonchev–Trinajstić information content (AvgIpc) is 2.66. The lowest BCUT2D eigenvalue weighted by atomic mass is 10.2. The molecular weight excluding hydrogens is 334 g/mol. The third kappa shape index (κ3) is 4.49. The standard InChI is InChI=1S/C12H10O2S.C8H7NO/c13-9-5-1-3-7-11(9)15-12-8-4-2-6-10(12)14;1-2-4-8-7(3-1)5-6-9-10-8/h1-8,13-14H;1-6,9H. The number of nitrogens with one attached hydrogen (secondary N) is 1. The molecule has 25 heavy (non-hydrogen) atoms. The molecule has 3 aromatic rings. The molecule has 0 aliphatic carbocycles. The van der Waals surface area contributed by atoms with Crippen LogP contribution in [0.4, 0.5) is 0 Å². The smallest absolute Gasteiger partial charge is 0.162 e. The Balaban J connectivity index is 0.000000157. The number of fused-ring (bicyclic) bond motifs is 1. The normalized spacial score (nSPS) is 11.4. The van der Waals surface area contributed by atoms with Crippen LogP contribution in [0.25, 0.3) is 6.08 Å². The van der Waals surface area contributed by atoms with Crippen LogP contribution in [0, 0.1) is 0 Å². The van der Waals surface area contributed by atoms with Gasteiger partial charge in [-0.2, -0.15) is 0 Å². The molecule has 0 saturated heterocycles. The molecule has 1 aliphatic rings. The van der Waals surface area contributed by atoms with Gasteiger partial charge in [0.2, 0.25) is 0 Å². The summed E-state index contributed by atoms with van der Waals surface area (Å²) in [6.07, 6.45) is 3.74. The second kappa shape index (κ2) is 8.17. The van der Waals surface area contributed by atoms with E-state index in [9.17, 15) is 10.2 Å². The summed E-state index contributed by atoms with van der Waals surface area (Å²) in [5.41, 5.74) is 3.77. The van der Waals surface area contributed by atoms with Gasteiger partial charge in [0.15, 0.2) is 5.75 Å². The van der Waals surface area contributed by atoms with Gasteiger partial charge in [-0.15, -0.1) is 0 Å². The zero-order chi connectivity index (χ0) is 17.5. The fourth-order valence-electron chi connectivity index (χ4n) is 2.14. The highest BCUT2D eigenvalue weighted by Gasteiger charge is 2.05. The summed E-state index contributed by atoms with van der Waals surface area (Å²) < 4.78 is 0. The third-order valence-electron chi connectivity index (χ3n) is 3.37. The molecule has 1 heterocycles. The molecule has 0 saturated carbocycles. The molecule has 0 radical (unpaired) electrons. The van der Waals surface area contributed by atoms with Crippen LogP contribution in [0.2, 0.25) is 0 Å². The zero-order valence-corrected chi connectivity index (χ0v) is 14.1. The monoisotopic (exact) mass is 351 g/mol. The molecule has 1 aliphatic heterocycles. The van der Waals surface area contributed by atoms with Crippen molar-refractivity contribution in [1.82, 2.24) is 5.48 Å². The zero-order valence-electron chi connectivity index (χ0n) is 13.3. The van der Waals surface area contributed by atoms with Crippen LogP contribution in [0.15, 0.2) is 88.8 Å². The summed E-state index contributed by atoms with van der Waals surface area (Å²) in [6.45, 7) is 0. The van der Waals surface area contributed by atoms with E-state index < -0.39 is 0 Å². The predicted molar refractivity (Wildman–Crippen MR) is 99.6 cm³/mol. The van der Waals surface area contributed by atoms with Gasteiger partial charge < -0.3 is 15.1 Å². The highest BCUT2D eigenvalue weighted by atomic mass is 32.2. The Morgan fingerprint density at radius 2 is 1.28 bits per heavy atom. The summed E-state index contributed by atoms with van der Waals surface area (Å²) in [5, 5.41) is 19.1. The van der Waals surface area contributed by atoms with Crippen molar-refractivity contribution in [3.63, 3.8) is 0 Å². The Morgan fingerprint density at radius 3 is 1.88 bits per heavy atom. The summed E-state index contributed by atoms with van der Waals surface area (Å²) in [4.78, 5) is 6.56. The maximum atomic E-state index is 9.56. The molecule has 0 atom stereocenters. The number of hydroxylamine groups is 1. The topological polar surface area (TPSA) is 61.7 Å². The molecule has 0 unspecified atom stereocenters. The minimum Gasteiger partial charge on any atom is -0.507 e. The van der Waals surface area contributed by atoms with E-state index in [1.165, 1.54) is 11.8 Å². The fourth-order valence-corrected chi connectivity index (χ4v) is 3.01. The van der Waals surface area contributed by atoms with Crippen LogP contribution in [-0.4, -0.2) is 10.2 Å². The molecule has 0 bridgehead atoms. The van der Waals surface area contributed by atoms with Crippen molar-refractivity contribution in [3.8, 4) is 17.2 Å². The van der Waals surface area contributed by atoms with Crippen LogP contribution in [0.1, 0.15) is 5.56 Å². The molecule has 0 fully saturated rings. The summed E-state index contributed by atoms with van der Waals surface area (Å²) >= 11 is 1.34. The fraction of sp³-hybridized carbons (Fsp3) is 0. The van der Waals surface area contributed by atoms with Gasteiger partial charge in [-0.05, 0) is 36.4 Å². The van der Waals surface area contributed by atoms with Gasteiger partial charge in [0.25, 0.3) is 0 Å². The van der Waals surface area contributed by atoms with Crippen molar-refractivity contribution >= 4 is 17.8 Å². The van der Waals surface area contributed by atoms with Crippen LogP contribution >= 0.6 is 11.8 Å². The molecule has 3 N–H and O–H groups in total. The Bertz CT molecular complexity index is 837. The van der Waals surface area contributed by atoms with Crippen LogP contribution in [0.5, 0.6) is 17.2 Å². The Labute approximate surface area is 150 Å². The highest BCUT2D eigenvalue weighted by molar-refractivity contribution is 7.99. The highest BCUT2D eigenvalue weighted by Crippen LogP contribution is 2.37. The van der Waals surface area contributed by atoms with Crippen molar-refractivity contribution in [3.05, 3.63) is 84.6 Å². The molecule has 126 valence electrons. The van der Waals surface area contributed by atoms with Crippen LogP contribution in [-0.2, 0) is 0 Å². The lowest BCUT2D eigenvalue weighted by molar-refractivity contribution is 0.239. The number of hydrogen-bond donors (Lipinski definition) is 3.